The zero-order valence-corrected chi connectivity index (χ0v) is 13.1. The normalized spacial score (nSPS) is 11.8. The fourth-order valence-corrected chi connectivity index (χ4v) is 2.33. The smallest absolute Gasteiger partial charge is 0.200 e. The van der Waals surface area contributed by atoms with E-state index in [4.69, 9.17) is 0 Å². The monoisotopic (exact) mass is 314 g/mol. The summed E-state index contributed by atoms with van der Waals surface area (Å²) >= 11 is 0. The molecule has 0 fully saturated rings. The molecule has 120 valence electrons. The molecular weight excluding hydrogens is 296 g/mol. The molecule has 0 spiro atoms. The summed E-state index contributed by atoms with van der Waals surface area (Å²) < 4.78 is 1.82. The van der Waals surface area contributed by atoms with Gasteiger partial charge in [0.25, 0.3) is 0 Å². The van der Waals surface area contributed by atoms with E-state index in [1.807, 2.05) is 25.2 Å². The molecule has 0 aliphatic rings. The van der Waals surface area contributed by atoms with Gasteiger partial charge in [-0.25, -0.2) is 4.98 Å². The molecule has 0 aliphatic heterocycles. The summed E-state index contributed by atoms with van der Waals surface area (Å²) in [5.41, 5.74) is 1.13. The third-order valence-corrected chi connectivity index (χ3v) is 3.31. The van der Waals surface area contributed by atoms with Gasteiger partial charge < -0.3 is 20.6 Å². The minimum atomic E-state index is -0.570. The van der Waals surface area contributed by atoms with E-state index in [9.17, 15) is 15.3 Å². The standard InChI is InChI=1S/C16H18N4O3/c1-16(2,3)19-15-12(18-11-8-17-6-7-20(11)15)9-4-5-10(21)14(23)13(9)22/h4-8,19,21-23H,1-3H3. The van der Waals surface area contributed by atoms with Gasteiger partial charge in [0.2, 0.25) is 5.75 Å². The zero-order chi connectivity index (χ0) is 16.8. The van der Waals surface area contributed by atoms with Crippen LogP contribution >= 0.6 is 0 Å². The third kappa shape index (κ3) is 2.61. The van der Waals surface area contributed by atoms with E-state index >= 15 is 0 Å². The van der Waals surface area contributed by atoms with Crippen molar-refractivity contribution in [1.29, 1.82) is 0 Å². The quantitative estimate of drug-likeness (QED) is 0.542. The van der Waals surface area contributed by atoms with Gasteiger partial charge in [0, 0.05) is 23.5 Å². The van der Waals surface area contributed by atoms with Gasteiger partial charge in [-0.1, -0.05) is 0 Å². The number of imidazole rings is 1. The van der Waals surface area contributed by atoms with Crippen molar-refractivity contribution in [3.8, 4) is 28.5 Å². The molecular formula is C16H18N4O3. The van der Waals surface area contributed by atoms with E-state index in [2.05, 4.69) is 15.3 Å². The van der Waals surface area contributed by atoms with E-state index in [-0.39, 0.29) is 11.3 Å². The van der Waals surface area contributed by atoms with Gasteiger partial charge in [-0.05, 0) is 32.9 Å². The van der Waals surface area contributed by atoms with Crippen LogP contribution in [0, 0.1) is 0 Å². The Morgan fingerprint density at radius 1 is 1.09 bits per heavy atom. The SMILES string of the molecule is CC(C)(C)Nc1c(-c2ccc(O)c(O)c2O)nc2cnccn12. The van der Waals surface area contributed by atoms with Gasteiger partial charge in [0.1, 0.15) is 11.5 Å². The average molecular weight is 314 g/mol. The van der Waals surface area contributed by atoms with Crippen molar-refractivity contribution < 1.29 is 15.3 Å². The highest BCUT2D eigenvalue weighted by molar-refractivity contribution is 5.82. The Hall–Kier alpha value is -2.96. The highest BCUT2D eigenvalue weighted by atomic mass is 16.3. The Labute approximate surface area is 132 Å². The highest BCUT2D eigenvalue weighted by Crippen LogP contribution is 2.44. The number of phenols is 3. The predicted molar refractivity (Wildman–Crippen MR) is 86.8 cm³/mol. The number of phenolic OH excluding ortho intramolecular Hbond substituents is 3. The lowest BCUT2D eigenvalue weighted by molar-refractivity contribution is 0.369. The van der Waals surface area contributed by atoms with Crippen LogP contribution in [0.25, 0.3) is 16.9 Å². The first-order chi connectivity index (χ1) is 10.8. The molecule has 3 aromatic rings. The molecule has 2 aromatic heterocycles. The molecule has 0 radical (unpaired) electrons. The van der Waals surface area contributed by atoms with Crippen LogP contribution in [0.4, 0.5) is 5.82 Å². The second kappa shape index (κ2) is 5.05. The fourth-order valence-electron chi connectivity index (χ4n) is 2.33. The van der Waals surface area contributed by atoms with E-state index in [1.54, 1.807) is 18.6 Å². The maximum Gasteiger partial charge on any atom is 0.200 e. The Kier molecular flexibility index (Phi) is 3.28. The van der Waals surface area contributed by atoms with Gasteiger partial charge in [-0.3, -0.25) is 9.38 Å². The molecule has 4 N–H and O–H groups in total. The van der Waals surface area contributed by atoms with Crippen LogP contribution in [0.1, 0.15) is 20.8 Å². The van der Waals surface area contributed by atoms with Crippen molar-refractivity contribution >= 4 is 11.5 Å². The van der Waals surface area contributed by atoms with E-state index < -0.39 is 11.5 Å². The van der Waals surface area contributed by atoms with E-state index in [1.165, 1.54) is 12.1 Å². The van der Waals surface area contributed by atoms with Crippen molar-refractivity contribution in [3.63, 3.8) is 0 Å². The minimum Gasteiger partial charge on any atom is -0.504 e. The van der Waals surface area contributed by atoms with Crippen LogP contribution in [0.2, 0.25) is 0 Å². The van der Waals surface area contributed by atoms with Crippen molar-refractivity contribution in [1.82, 2.24) is 14.4 Å². The summed E-state index contributed by atoms with van der Waals surface area (Å²) in [5, 5.41) is 32.8. The second-order valence-electron chi connectivity index (χ2n) is 6.32. The molecule has 0 bridgehead atoms. The summed E-state index contributed by atoms with van der Waals surface area (Å²) in [4.78, 5) is 8.53. The van der Waals surface area contributed by atoms with Gasteiger partial charge in [0.15, 0.2) is 17.1 Å². The number of anilines is 1. The van der Waals surface area contributed by atoms with Crippen molar-refractivity contribution in [2.75, 3.05) is 5.32 Å². The lowest BCUT2D eigenvalue weighted by atomic mass is 10.1. The number of nitrogens with one attached hydrogen (secondary N) is 1. The third-order valence-electron chi connectivity index (χ3n) is 3.31. The molecule has 23 heavy (non-hydrogen) atoms. The van der Waals surface area contributed by atoms with Crippen LogP contribution < -0.4 is 5.32 Å². The highest BCUT2D eigenvalue weighted by Gasteiger charge is 2.23. The number of hydrogen-bond acceptors (Lipinski definition) is 6. The summed E-state index contributed by atoms with van der Waals surface area (Å²) in [6.07, 6.45) is 5.01. The molecule has 2 heterocycles. The molecule has 0 amide bonds. The molecule has 7 heteroatoms. The Morgan fingerprint density at radius 3 is 2.52 bits per heavy atom. The van der Waals surface area contributed by atoms with Crippen LogP contribution in [-0.2, 0) is 0 Å². The van der Waals surface area contributed by atoms with Gasteiger partial charge >= 0.3 is 0 Å². The molecule has 0 aliphatic carbocycles. The largest absolute Gasteiger partial charge is 0.504 e. The zero-order valence-electron chi connectivity index (χ0n) is 13.1. The van der Waals surface area contributed by atoms with Crippen molar-refractivity contribution in [2.45, 2.75) is 26.3 Å². The number of aromatic nitrogens is 3. The first-order valence-corrected chi connectivity index (χ1v) is 7.12. The van der Waals surface area contributed by atoms with Gasteiger partial charge in [0.05, 0.1) is 6.20 Å². The Balaban J connectivity index is 2.29. The van der Waals surface area contributed by atoms with Crippen LogP contribution in [0.5, 0.6) is 17.2 Å². The number of aromatic hydroxyl groups is 3. The summed E-state index contributed by atoms with van der Waals surface area (Å²) in [6.45, 7) is 6.02. The molecule has 0 atom stereocenters. The summed E-state index contributed by atoms with van der Waals surface area (Å²) in [6, 6.07) is 2.82. The maximum absolute atomic E-state index is 10.2. The summed E-state index contributed by atoms with van der Waals surface area (Å²) in [7, 11) is 0. The number of hydrogen-bond donors (Lipinski definition) is 4. The van der Waals surface area contributed by atoms with Crippen LogP contribution in [0.15, 0.2) is 30.7 Å². The van der Waals surface area contributed by atoms with Crippen LogP contribution in [-0.4, -0.2) is 35.2 Å². The first-order valence-electron chi connectivity index (χ1n) is 7.12. The average Bonchev–Trinajstić information content (AvgIpc) is 2.82. The molecule has 1 aromatic carbocycles. The van der Waals surface area contributed by atoms with Gasteiger partial charge in [-0.15, -0.1) is 0 Å². The fraction of sp³-hybridized carbons (Fsp3) is 0.250. The van der Waals surface area contributed by atoms with Crippen LogP contribution in [0.3, 0.4) is 0 Å². The number of fused-ring (bicyclic) bond motifs is 1. The molecule has 0 saturated carbocycles. The topological polar surface area (TPSA) is 103 Å². The van der Waals surface area contributed by atoms with Crippen molar-refractivity contribution in [2.24, 2.45) is 0 Å². The van der Waals surface area contributed by atoms with Gasteiger partial charge in [-0.2, -0.15) is 0 Å². The molecule has 0 saturated heterocycles. The number of nitrogens with zero attached hydrogens (tertiary/aromatic N) is 3. The second-order valence-corrected chi connectivity index (χ2v) is 6.32. The minimum absolute atomic E-state index is 0.247. The van der Waals surface area contributed by atoms with E-state index in [0.717, 1.165) is 0 Å². The first kappa shape index (κ1) is 15.0. The van der Waals surface area contributed by atoms with Crippen molar-refractivity contribution in [3.05, 3.63) is 30.7 Å². The molecule has 7 nitrogen and oxygen atoms in total. The Morgan fingerprint density at radius 2 is 1.83 bits per heavy atom. The predicted octanol–water partition coefficient (Wildman–Crippen LogP) is 2.72. The molecule has 0 unspecified atom stereocenters. The maximum atomic E-state index is 10.2. The lowest BCUT2D eigenvalue weighted by Gasteiger charge is -2.22. The lowest BCUT2D eigenvalue weighted by Crippen LogP contribution is -2.27. The number of rotatable bonds is 2. The van der Waals surface area contributed by atoms with E-state index in [0.29, 0.717) is 22.7 Å². The summed E-state index contributed by atoms with van der Waals surface area (Å²) in [5.74, 6) is -0.713. The Bertz CT molecular complexity index is 881. The molecule has 3 rings (SSSR count). The number of benzene rings is 1.